The molecule has 2 heterocycles. The van der Waals surface area contributed by atoms with E-state index in [0.717, 1.165) is 11.3 Å². The van der Waals surface area contributed by atoms with Crippen molar-refractivity contribution in [3.05, 3.63) is 33.2 Å². The Labute approximate surface area is 135 Å². The van der Waals surface area contributed by atoms with Gasteiger partial charge < -0.3 is 9.47 Å². The molecule has 0 unspecified atom stereocenters. The Morgan fingerprint density at radius 2 is 1.95 bits per heavy atom. The molecule has 0 radical (unpaired) electrons. The number of ether oxygens (including phenoxy) is 2. The molecule has 0 saturated heterocycles. The third-order valence-electron chi connectivity index (χ3n) is 2.92. The van der Waals surface area contributed by atoms with Crippen molar-refractivity contribution >= 4 is 37.1 Å². The van der Waals surface area contributed by atoms with Gasteiger partial charge in [-0.15, -0.1) is 11.3 Å². The van der Waals surface area contributed by atoms with Crippen LogP contribution in [0.25, 0.3) is 0 Å². The second-order valence-corrected chi connectivity index (χ2v) is 8.48. The van der Waals surface area contributed by atoms with E-state index in [4.69, 9.17) is 9.47 Å². The number of halogens is 1. The highest BCUT2D eigenvalue weighted by Gasteiger charge is 2.23. The van der Waals surface area contributed by atoms with Crippen LogP contribution < -0.4 is 9.47 Å². The Morgan fingerprint density at radius 3 is 2.57 bits per heavy atom. The molecule has 0 aliphatic carbocycles. The second kappa shape index (κ2) is 5.58. The first-order chi connectivity index (χ1) is 9.95. The summed E-state index contributed by atoms with van der Waals surface area (Å²) in [6, 6.07) is 3.45. The topological polar surface area (TPSA) is 65.5 Å². The maximum Gasteiger partial charge on any atom is 0.209 e. The van der Waals surface area contributed by atoms with Gasteiger partial charge in [-0.2, -0.15) is 0 Å². The van der Waals surface area contributed by atoms with Crippen molar-refractivity contribution in [3.63, 3.8) is 0 Å². The summed E-state index contributed by atoms with van der Waals surface area (Å²) in [5.41, 5.74) is 1.34. The number of aryl methyl sites for hydroxylation is 1. The number of thiazole rings is 1. The maximum atomic E-state index is 12.4. The lowest BCUT2D eigenvalue weighted by molar-refractivity contribution is 0.171. The monoisotopic (exact) mass is 389 g/mol. The fraction of sp³-hybridized carbons (Fsp3) is 0.308. The fourth-order valence-corrected chi connectivity index (χ4v) is 5.09. The zero-order valence-corrected chi connectivity index (χ0v) is 14.3. The molecular formula is C13H12BrNO4S2. The summed E-state index contributed by atoms with van der Waals surface area (Å²) in [5.74, 6) is 1.07. The predicted octanol–water partition coefficient (Wildman–Crippen LogP) is 2.96. The number of rotatable bonds is 3. The lowest BCUT2D eigenvalue weighted by atomic mass is 10.2. The quantitative estimate of drug-likeness (QED) is 0.806. The lowest BCUT2D eigenvalue weighted by Gasteiger charge is -2.19. The van der Waals surface area contributed by atoms with E-state index < -0.39 is 9.84 Å². The number of fused-ring (bicyclic) bond motifs is 1. The van der Waals surface area contributed by atoms with E-state index in [2.05, 4.69) is 20.9 Å². The van der Waals surface area contributed by atoms with Crippen LogP contribution in [0.4, 0.5) is 0 Å². The molecule has 0 spiro atoms. The van der Waals surface area contributed by atoms with E-state index in [1.54, 1.807) is 24.4 Å². The molecule has 0 amide bonds. The summed E-state index contributed by atoms with van der Waals surface area (Å²) in [5, 5.41) is 1.73. The van der Waals surface area contributed by atoms with Gasteiger partial charge in [0.25, 0.3) is 0 Å². The number of nitrogens with zero attached hydrogens (tertiary/aromatic N) is 1. The number of aromatic nitrogens is 1. The first-order valence-electron chi connectivity index (χ1n) is 6.18. The molecule has 2 aromatic rings. The zero-order valence-electron chi connectivity index (χ0n) is 11.1. The third-order valence-corrected chi connectivity index (χ3v) is 6.78. The van der Waals surface area contributed by atoms with Gasteiger partial charge >= 0.3 is 0 Å². The van der Waals surface area contributed by atoms with Crippen molar-refractivity contribution in [2.24, 2.45) is 0 Å². The molecule has 21 heavy (non-hydrogen) atoms. The normalized spacial score (nSPS) is 14.2. The molecule has 1 aromatic carbocycles. The van der Waals surface area contributed by atoms with E-state index in [1.165, 1.54) is 0 Å². The molecular weight excluding hydrogens is 378 g/mol. The van der Waals surface area contributed by atoms with Crippen LogP contribution in [-0.2, 0) is 15.6 Å². The van der Waals surface area contributed by atoms with Crippen molar-refractivity contribution in [1.29, 1.82) is 0 Å². The maximum absolute atomic E-state index is 12.4. The Morgan fingerprint density at radius 1 is 1.29 bits per heavy atom. The molecule has 0 N–H and O–H groups in total. The average Bonchev–Trinajstić information content (AvgIpc) is 2.87. The van der Waals surface area contributed by atoms with Gasteiger partial charge in [0.2, 0.25) is 14.2 Å². The minimum atomic E-state index is -3.46. The van der Waals surface area contributed by atoms with Crippen molar-refractivity contribution in [3.8, 4) is 11.5 Å². The summed E-state index contributed by atoms with van der Waals surface area (Å²) < 4.78 is 36.6. The van der Waals surface area contributed by atoms with Crippen molar-refractivity contribution in [1.82, 2.24) is 4.98 Å². The molecule has 0 bridgehead atoms. The van der Waals surface area contributed by atoms with Crippen LogP contribution >= 0.6 is 27.3 Å². The van der Waals surface area contributed by atoms with Crippen molar-refractivity contribution in [2.75, 3.05) is 13.2 Å². The molecule has 0 atom stereocenters. The van der Waals surface area contributed by atoms with E-state index >= 15 is 0 Å². The summed E-state index contributed by atoms with van der Waals surface area (Å²) in [6.45, 7) is 2.73. The van der Waals surface area contributed by atoms with Crippen LogP contribution in [0.5, 0.6) is 11.5 Å². The molecule has 3 rings (SSSR count). The molecule has 0 saturated carbocycles. The number of sulfone groups is 1. The number of hydrogen-bond donors (Lipinski definition) is 0. The molecule has 1 aliphatic heterocycles. The lowest BCUT2D eigenvalue weighted by Crippen LogP contribution is -2.16. The second-order valence-electron chi connectivity index (χ2n) is 4.60. The summed E-state index contributed by atoms with van der Waals surface area (Å²) in [7, 11) is -3.46. The minimum Gasteiger partial charge on any atom is -0.486 e. The zero-order chi connectivity index (χ0) is 15.0. The smallest absolute Gasteiger partial charge is 0.209 e. The minimum absolute atomic E-state index is 0.128. The number of benzene rings is 1. The first-order valence-corrected chi connectivity index (χ1v) is 9.51. The van der Waals surface area contributed by atoms with E-state index in [0.29, 0.717) is 40.4 Å². The van der Waals surface area contributed by atoms with Gasteiger partial charge in [-0.3, -0.25) is 0 Å². The van der Waals surface area contributed by atoms with Gasteiger partial charge in [-0.05, 0) is 24.6 Å². The largest absolute Gasteiger partial charge is 0.486 e. The predicted molar refractivity (Wildman–Crippen MR) is 82.9 cm³/mol. The van der Waals surface area contributed by atoms with Crippen LogP contribution in [0.2, 0.25) is 0 Å². The van der Waals surface area contributed by atoms with Crippen LogP contribution in [0.15, 0.2) is 26.3 Å². The Balaban J connectivity index is 1.94. The highest BCUT2D eigenvalue weighted by Crippen LogP contribution is 2.36. The van der Waals surface area contributed by atoms with Crippen LogP contribution in [0, 0.1) is 6.92 Å². The number of hydrogen-bond acceptors (Lipinski definition) is 6. The van der Waals surface area contributed by atoms with Crippen LogP contribution in [0.1, 0.15) is 11.3 Å². The van der Waals surface area contributed by atoms with Crippen molar-refractivity contribution < 1.29 is 17.9 Å². The van der Waals surface area contributed by atoms with Gasteiger partial charge in [0.1, 0.15) is 13.2 Å². The molecule has 0 fully saturated rings. The van der Waals surface area contributed by atoms with Crippen LogP contribution in [-0.4, -0.2) is 26.6 Å². The van der Waals surface area contributed by atoms with E-state index in [-0.39, 0.29) is 10.1 Å². The fourth-order valence-electron chi connectivity index (χ4n) is 1.96. The average molecular weight is 390 g/mol. The molecule has 112 valence electrons. The standard InChI is InChI=1S/C13H12BrNO4S2/c1-8-6-20-13(15-8)21(16,17)7-9-4-11-12(5-10(9)14)19-3-2-18-11/h4-6H,2-3,7H2,1H3. The molecule has 1 aromatic heterocycles. The van der Waals surface area contributed by atoms with Gasteiger partial charge in [0, 0.05) is 15.5 Å². The van der Waals surface area contributed by atoms with Crippen LogP contribution in [0.3, 0.4) is 0 Å². The van der Waals surface area contributed by atoms with Gasteiger partial charge in [0.15, 0.2) is 11.5 Å². The molecule has 5 nitrogen and oxygen atoms in total. The SMILES string of the molecule is Cc1csc(S(=O)(=O)Cc2cc3c(cc2Br)OCCO3)n1. The summed E-state index contributed by atoms with van der Waals surface area (Å²) in [4.78, 5) is 4.05. The van der Waals surface area contributed by atoms with Gasteiger partial charge in [-0.25, -0.2) is 13.4 Å². The Hall–Kier alpha value is -1.12. The van der Waals surface area contributed by atoms with Crippen molar-refractivity contribution in [2.45, 2.75) is 17.0 Å². The van der Waals surface area contributed by atoms with Gasteiger partial charge in [-0.1, -0.05) is 15.9 Å². The highest BCUT2D eigenvalue weighted by molar-refractivity contribution is 9.10. The first kappa shape index (κ1) is 14.8. The molecule has 8 heteroatoms. The Kier molecular flexibility index (Phi) is 3.94. The highest BCUT2D eigenvalue weighted by atomic mass is 79.9. The summed E-state index contributed by atoms with van der Waals surface area (Å²) >= 11 is 4.53. The van der Waals surface area contributed by atoms with E-state index in [9.17, 15) is 8.42 Å². The van der Waals surface area contributed by atoms with Gasteiger partial charge in [0.05, 0.1) is 5.75 Å². The third kappa shape index (κ3) is 3.07. The Bertz CT molecular complexity index is 785. The molecule has 1 aliphatic rings. The van der Waals surface area contributed by atoms with E-state index in [1.807, 2.05) is 0 Å². The summed E-state index contributed by atoms with van der Waals surface area (Å²) in [6.07, 6.45) is 0.